The van der Waals surface area contributed by atoms with Crippen LogP contribution >= 0.6 is 63.7 Å². The molecule has 0 amide bonds. The molecule has 0 heterocycles. The van der Waals surface area contributed by atoms with Gasteiger partial charge in [-0.2, -0.15) is 0 Å². The van der Waals surface area contributed by atoms with Crippen LogP contribution in [-0.4, -0.2) is 16.8 Å². The van der Waals surface area contributed by atoms with E-state index in [0.29, 0.717) is 11.4 Å². The highest BCUT2D eigenvalue weighted by molar-refractivity contribution is 9.12. The molecule has 1 rings (SSSR count). The predicted octanol–water partition coefficient (Wildman–Crippen LogP) is 5.06. The van der Waals surface area contributed by atoms with E-state index in [9.17, 15) is 0 Å². The number of halogens is 4. The lowest BCUT2D eigenvalue weighted by Crippen LogP contribution is -2.12. The number of aryl methyl sites for hydroxylation is 1. The van der Waals surface area contributed by atoms with Crippen molar-refractivity contribution in [3.8, 4) is 5.75 Å². The molecule has 0 N–H and O–H groups in total. The topological polar surface area (TPSA) is 9.23 Å². The zero-order valence-corrected chi connectivity index (χ0v) is 14.4. The first-order valence-corrected chi connectivity index (χ1v) is 7.95. The number of alkyl halides is 2. The van der Waals surface area contributed by atoms with Gasteiger partial charge in [0.05, 0.1) is 13.8 Å². The fourth-order valence-electron chi connectivity index (χ4n) is 1.04. The molecule has 0 bridgehead atoms. The number of hydrogen-bond acceptors (Lipinski definition) is 1. The number of hydrogen-bond donors (Lipinski definition) is 0. The molecular weight excluding hydrogens is 456 g/mol. The second kappa shape index (κ2) is 6.62. The van der Waals surface area contributed by atoms with Gasteiger partial charge in [-0.15, -0.1) is 0 Å². The molecule has 1 aromatic carbocycles. The van der Waals surface area contributed by atoms with Crippen molar-refractivity contribution in [2.45, 2.75) is 11.8 Å². The monoisotopic (exact) mass is 462 g/mol. The summed E-state index contributed by atoms with van der Waals surface area (Å²) in [5.74, 6) is 0.853. The Morgan fingerprint density at radius 1 is 1.27 bits per heavy atom. The number of rotatable bonds is 4. The molecule has 0 aliphatic heterocycles. The van der Waals surface area contributed by atoms with Crippen molar-refractivity contribution in [1.82, 2.24) is 0 Å². The summed E-state index contributed by atoms with van der Waals surface area (Å²) in [6.45, 7) is 2.68. The first kappa shape index (κ1) is 14.0. The van der Waals surface area contributed by atoms with Crippen LogP contribution in [0.5, 0.6) is 5.75 Å². The maximum absolute atomic E-state index is 5.70. The van der Waals surface area contributed by atoms with Gasteiger partial charge >= 0.3 is 0 Å². The lowest BCUT2D eigenvalue weighted by molar-refractivity contribution is 0.321. The van der Waals surface area contributed by atoms with E-state index in [4.69, 9.17) is 4.74 Å². The van der Waals surface area contributed by atoms with Gasteiger partial charge in [0, 0.05) is 5.33 Å². The van der Waals surface area contributed by atoms with Gasteiger partial charge in [0.2, 0.25) is 0 Å². The minimum Gasteiger partial charge on any atom is -0.490 e. The van der Waals surface area contributed by atoms with Gasteiger partial charge in [0.15, 0.2) is 0 Å². The van der Waals surface area contributed by atoms with E-state index in [1.807, 2.05) is 19.1 Å². The van der Waals surface area contributed by atoms with Crippen LogP contribution in [0.3, 0.4) is 0 Å². The van der Waals surface area contributed by atoms with Crippen LogP contribution in [0.25, 0.3) is 0 Å². The Morgan fingerprint density at radius 2 is 1.80 bits per heavy atom. The molecular formula is C10H10Br4O. The Kier molecular flexibility index (Phi) is 6.18. The quantitative estimate of drug-likeness (QED) is 0.565. The number of benzene rings is 1. The molecule has 0 spiro atoms. The summed E-state index contributed by atoms with van der Waals surface area (Å²) >= 11 is 13.9. The Hall–Kier alpha value is 0.940. The van der Waals surface area contributed by atoms with Gasteiger partial charge in [-0.05, 0) is 56.5 Å². The first-order chi connectivity index (χ1) is 7.04. The third kappa shape index (κ3) is 4.36. The smallest absolute Gasteiger partial charge is 0.147 e. The second-order valence-corrected chi connectivity index (χ2v) is 6.77. The van der Waals surface area contributed by atoms with Gasteiger partial charge in [-0.25, -0.2) is 0 Å². The molecule has 0 radical (unpaired) electrons. The Labute approximate surface area is 123 Å². The molecule has 0 saturated heterocycles. The van der Waals surface area contributed by atoms with Crippen molar-refractivity contribution in [2.24, 2.45) is 0 Å². The van der Waals surface area contributed by atoms with E-state index in [1.54, 1.807) is 0 Å². The maximum Gasteiger partial charge on any atom is 0.147 e. The van der Waals surface area contributed by atoms with Gasteiger partial charge < -0.3 is 4.74 Å². The fourth-order valence-corrected chi connectivity index (χ4v) is 3.01. The molecule has 1 aromatic rings. The highest BCUT2D eigenvalue weighted by Gasteiger charge is 2.09. The highest BCUT2D eigenvalue weighted by Crippen LogP contribution is 2.34. The Bertz CT molecular complexity index is 317. The van der Waals surface area contributed by atoms with E-state index < -0.39 is 0 Å². The lowest BCUT2D eigenvalue weighted by Gasteiger charge is -2.13. The van der Waals surface area contributed by atoms with E-state index in [-0.39, 0.29) is 0 Å². The summed E-state index contributed by atoms with van der Waals surface area (Å²) < 4.78 is 7.66. The highest BCUT2D eigenvalue weighted by atomic mass is 79.9. The number of ether oxygens (including phenoxy) is 1. The molecule has 1 nitrogen and oxygen atoms in total. The van der Waals surface area contributed by atoms with Crippen molar-refractivity contribution in [2.75, 3.05) is 11.9 Å². The zero-order chi connectivity index (χ0) is 11.4. The van der Waals surface area contributed by atoms with Gasteiger partial charge in [0.1, 0.15) is 12.4 Å². The maximum atomic E-state index is 5.70. The van der Waals surface area contributed by atoms with Crippen LogP contribution in [0, 0.1) is 6.92 Å². The third-order valence-corrected chi connectivity index (χ3v) is 5.14. The van der Waals surface area contributed by atoms with Crippen LogP contribution in [0.1, 0.15) is 5.56 Å². The third-order valence-electron chi connectivity index (χ3n) is 1.72. The van der Waals surface area contributed by atoms with Crippen LogP contribution < -0.4 is 4.74 Å². The van der Waals surface area contributed by atoms with Gasteiger partial charge in [0.25, 0.3) is 0 Å². The lowest BCUT2D eigenvalue weighted by atomic mass is 10.2. The van der Waals surface area contributed by atoms with Crippen molar-refractivity contribution in [1.29, 1.82) is 0 Å². The molecule has 1 unspecified atom stereocenters. The van der Waals surface area contributed by atoms with Crippen molar-refractivity contribution < 1.29 is 4.74 Å². The predicted molar refractivity (Wildman–Crippen MR) is 78.6 cm³/mol. The Morgan fingerprint density at radius 3 is 2.27 bits per heavy atom. The van der Waals surface area contributed by atoms with Crippen molar-refractivity contribution >= 4 is 63.7 Å². The summed E-state index contributed by atoms with van der Waals surface area (Å²) in [6.07, 6.45) is 0. The summed E-state index contributed by atoms with van der Waals surface area (Å²) in [4.78, 5) is 0.317. The average molecular weight is 466 g/mol. The summed E-state index contributed by atoms with van der Waals surface area (Å²) in [7, 11) is 0. The van der Waals surface area contributed by atoms with Crippen LogP contribution in [0.4, 0.5) is 0 Å². The van der Waals surface area contributed by atoms with E-state index in [2.05, 4.69) is 63.7 Å². The molecule has 0 aliphatic rings. The molecule has 0 fully saturated rings. The normalized spacial score (nSPS) is 12.6. The molecule has 0 saturated carbocycles. The van der Waals surface area contributed by atoms with Gasteiger partial charge in [-0.3, -0.25) is 0 Å². The molecule has 15 heavy (non-hydrogen) atoms. The van der Waals surface area contributed by atoms with E-state index in [0.717, 1.165) is 20.0 Å². The SMILES string of the molecule is Cc1cc(Br)c(OCC(Br)CBr)c(Br)c1. The molecule has 1 atom stereocenters. The minimum absolute atomic E-state index is 0.317. The average Bonchev–Trinajstić information content (AvgIpc) is 2.15. The molecule has 0 aromatic heterocycles. The zero-order valence-electron chi connectivity index (χ0n) is 8.07. The largest absolute Gasteiger partial charge is 0.490 e. The standard InChI is InChI=1S/C10H10Br4O/c1-6-2-8(13)10(9(14)3-6)15-5-7(12)4-11/h2-3,7H,4-5H2,1H3. The first-order valence-electron chi connectivity index (χ1n) is 4.33. The van der Waals surface area contributed by atoms with Crippen LogP contribution in [-0.2, 0) is 0 Å². The molecule has 0 aliphatic carbocycles. The van der Waals surface area contributed by atoms with Crippen molar-refractivity contribution in [3.05, 3.63) is 26.6 Å². The second-order valence-electron chi connectivity index (χ2n) is 3.12. The summed E-state index contributed by atoms with van der Waals surface area (Å²) in [6, 6.07) is 4.08. The van der Waals surface area contributed by atoms with Crippen molar-refractivity contribution in [3.63, 3.8) is 0 Å². The molecule has 5 heteroatoms. The fraction of sp³-hybridized carbons (Fsp3) is 0.400. The van der Waals surface area contributed by atoms with Crippen LogP contribution in [0.2, 0.25) is 0 Å². The van der Waals surface area contributed by atoms with Crippen LogP contribution in [0.15, 0.2) is 21.1 Å². The van der Waals surface area contributed by atoms with E-state index in [1.165, 1.54) is 5.56 Å². The molecule has 84 valence electrons. The minimum atomic E-state index is 0.317. The van der Waals surface area contributed by atoms with E-state index >= 15 is 0 Å². The Balaban J connectivity index is 2.77. The summed E-state index contributed by atoms with van der Waals surface area (Å²) in [5.41, 5.74) is 1.19. The summed E-state index contributed by atoms with van der Waals surface area (Å²) in [5, 5.41) is 0.869. The van der Waals surface area contributed by atoms with Gasteiger partial charge in [-0.1, -0.05) is 31.9 Å².